The van der Waals surface area contributed by atoms with E-state index < -0.39 is 18.4 Å². The van der Waals surface area contributed by atoms with Crippen molar-refractivity contribution in [1.82, 2.24) is 15.0 Å². The van der Waals surface area contributed by atoms with E-state index in [4.69, 9.17) is 0 Å². The van der Waals surface area contributed by atoms with E-state index in [-0.39, 0.29) is 6.61 Å². The molecular weight excluding hydrogens is 268 g/mol. The molecule has 2 rings (SSSR count). The van der Waals surface area contributed by atoms with E-state index in [1.165, 1.54) is 13.1 Å². The quantitative estimate of drug-likeness (QED) is 0.788. The number of aromatic nitrogens is 3. The van der Waals surface area contributed by atoms with Gasteiger partial charge in [-0.3, -0.25) is 0 Å². The van der Waals surface area contributed by atoms with Gasteiger partial charge in [-0.05, 0) is 6.92 Å². The van der Waals surface area contributed by atoms with E-state index in [9.17, 15) is 13.6 Å². The number of hydrogen-bond donors (Lipinski definition) is 0. The minimum absolute atomic E-state index is 0.0962. The van der Waals surface area contributed by atoms with Crippen molar-refractivity contribution in [2.75, 3.05) is 6.61 Å². The van der Waals surface area contributed by atoms with Crippen molar-refractivity contribution in [2.45, 2.75) is 19.4 Å². The molecular formula is C13H13F2N3O2. The van der Waals surface area contributed by atoms with Gasteiger partial charge in [0.1, 0.15) is 12.2 Å². The minimum Gasteiger partial charge on any atom is -0.462 e. The first-order chi connectivity index (χ1) is 9.53. The summed E-state index contributed by atoms with van der Waals surface area (Å²) in [6, 6.07) is 9.03. The highest BCUT2D eigenvalue weighted by molar-refractivity contribution is 5.77. The number of hydrogen-bond acceptors (Lipinski definition) is 4. The summed E-state index contributed by atoms with van der Waals surface area (Å²) in [6.07, 6.45) is 1.36. The molecule has 0 N–H and O–H groups in total. The zero-order chi connectivity index (χ0) is 14.6. The number of benzene rings is 1. The topological polar surface area (TPSA) is 57.0 Å². The van der Waals surface area contributed by atoms with Gasteiger partial charge >= 0.3 is 11.9 Å². The van der Waals surface area contributed by atoms with E-state index in [2.05, 4.69) is 15.0 Å². The van der Waals surface area contributed by atoms with E-state index >= 15 is 0 Å². The highest BCUT2D eigenvalue weighted by Crippen LogP contribution is 2.20. The van der Waals surface area contributed by atoms with Crippen LogP contribution in [0.2, 0.25) is 0 Å². The lowest BCUT2D eigenvalue weighted by atomic mass is 10.2. The molecule has 0 bridgehead atoms. The van der Waals surface area contributed by atoms with Gasteiger partial charge in [0, 0.05) is 5.56 Å². The smallest absolute Gasteiger partial charge is 0.379 e. The van der Waals surface area contributed by atoms with Crippen molar-refractivity contribution in [2.24, 2.45) is 0 Å². The van der Waals surface area contributed by atoms with Gasteiger partial charge in [-0.1, -0.05) is 35.5 Å². The normalized spacial score (nSPS) is 11.3. The molecule has 7 heteroatoms. The van der Waals surface area contributed by atoms with Crippen LogP contribution < -0.4 is 0 Å². The second-order valence-corrected chi connectivity index (χ2v) is 4.09. The number of esters is 1. The van der Waals surface area contributed by atoms with Gasteiger partial charge in [0.15, 0.2) is 0 Å². The van der Waals surface area contributed by atoms with E-state index in [0.29, 0.717) is 5.69 Å². The Labute approximate surface area is 114 Å². The summed E-state index contributed by atoms with van der Waals surface area (Å²) in [6.45, 7) is 0.476. The fourth-order valence-electron chi connectivity index (χ4n) is 1.62. The number of carbonyl (C=O) groups is 1. The molecule has 0 saturated carbocycles. The fraction of sp³-hybridized carbons (Fsp3) is 0.308. The van der Waals surface area contributed by atoms with Crippen molar-refractivity contribution in [3.63, 3.8) is 0 Å². The van der Waals surface area contributed by atoms with E-state index in [0.717, 1.165) is 10.2 Å². The number of ether oxygens (including phenoxy) is 1. The molecule has 106 valence electrons. The van der Waals surface area contributed by atoms with Gasteiger partial charge in [0.2, 0.25) is 0 Å². The van der Waals surface area contributed by atoms with Gasteiger partial charge in [-0.15, -0.1) is 5.10 Å². The minimum atomic E-state index is -3.63. The third-order valence-electron chi connectivity index (χ3n) is 2.54. The highest BCUT2D eigenvalue weighted by Gasteiger charge is 2.41. The zero-order valence-corrected chi connectivity index (χ0v) is 10.8. The van der Waals surface area contributed by atoms with Gasteiger partial charge in [0.05, 0.1) is 12.8 Å². The summed E-state index contributed by atoms with van der Waals surface area (Å²) in [7, 11) is 0. The molecule has 5 nitrogen and oxygen atoms in total. The van der Waals surface area contributed by atoms with Crippen molar-refractivity contribution in [3.05, 3.63) is 36.5 Å². The van der Waals surface area contributed by atoms with Crippen LogP contribution in [0.15, 0.2) is 36.5 Å². The van der Waals surface area contributed by atoms with E-state index in [1.807, 2.05) is 18.2 Å². The van der Waals surface area contributed by atoms with Gasteiger partial charge in [-0.2, -0.15) is 8.78 Å². The standard InChI is InChI=1S/C13H13F2N3O2/c1-2-20-12(19)13(14,15)9-18-8-11(16-17-18)10-6-4-3-5-7-10/h3-8H,2,9H2,1H3. The van der Waals surface area contributed by atoms with E-state index in [1.54, 1.807) is 12.1 Å². The number of nitrogens with zero attached hydrogens (tertiary/aromatic N) is 3. The first-order valence-electron chi connectivity index (χ1n) is 6.03. The van der Waals surface area contributed by atoms with Crippen molar-refractivity contribution >= 4 is 5.97 Å². The first kappa shape index (κ1) is 14.1. The molecule has 0 amide bonds. The SMILES string of the molecule is CCOC(=O)C(F)(F)Cn1cc(-c2ccccc2)nn1. The Balaban J connectivity index is 2.12. The van der Waals surface area contributed by atoms with Crippen LogP contribution in [0, 0.1) is 0 Å². The zero-order valence-electron chi connectivity index (χ0n) is 10.8. The van der Waals surface area contributed by atoms with Gasteiger partial charge < -0.3 is 4.74 Å². The predicted molar refractivity (Wildman–Crippen MR) is 67.0 cm³/mol. The summed E-state index contributed by atoms with van der Waals surface area (Å²) in [5.74, 6) is -5.19. The van der Waals surface area contributed by atoms with Gasteiger partial charge in [-0.25, -0.2) is 9.48 Å². The number of rotatable bonds is 5. The number of halogens is 2. The second-order valence-electron chi connectivity index (χ2n) is 4.09. The molecule has 0 atom stereocenters. The summed E-state index contributed by atoms with van der Waals surface area (Å²) < 4.78 is 32.3. The summed E-state index contributed by atoms with van der Waals surface area (Å²) >= 11 is 0. The average molecular weight is 281 g/mol. The molecule has 0 spiro atoms. The maximum absolute atomic E-state index is 13.5. The maximum atomic E-state index is 13.5. The molecule has 0 fully saturated rings. The molecule has 0 aliphatic heterocycles. The van der Waals surface area contributed by atoms with Crippen LogP contribution in [0.3, 0.4) is 0 Å². The molecule has 1 aromatic heterocycles. The summed E-state index contributed by atoms with van der Waals surface area (Å²) in [5, 5.41) is 7.40. The van der Waals surface area contributed by atoms with Gasteiger partial charge in [0.25, 0.3) is 0 Å². The largest absolute Gasteiger partial charge is 0.462 e. The summed E-state index contributed by atoms with van der Waals surface area (Å²) in [4.78, 5) is 11.1. The van der Waals surface area contributed by atoms with Crippen LogP contribution in [-0.2, 0) is 16.1 Å². The average Bonchev–Trinajstić information content (AvgIpc) is 2.88. The Morgan fingerprint density at radius 3 is 2.70 bits per heavy atom. The first-order valence-corrected chi connectivity index (χ1v) is 6.03. The maximum Gasteiger partial charge on any atom is 0.379 e. The number of alkyl halides is 2. The monoisotopic (exact) mass is 281 g/mol. The molecule has 0 aliphatic carbocycles. The molecule has 0 saturated heterocycles. The van der Waals surface area contributed by atoms with Crippen molar-refractivity contribution < 1.29 is 18.3 Å². The molecule has 0 radical (unpaired) electrons. The van der Waals surface area contributed by atoms with Crippen LogP contribution in [0.1, 0.15) is 6.92 Å². The van der Waals surface area contributed by atoms with Crippen molar-refractivity contribution in [1.29, 1.82) is 0 Å². The Bertz CT molecular complexity index is 584. The van der Waals surface area contributed by atoms with Crippen LogP contribution in [0.25, 0.3) is 11.3 Å². The molecule has 0 unspecified atom stereocenters. The van der Waals surface area contributed by atoms with Crippen LogP contribution in [0.4, 0.5) is 8.78 Å². The third-order valence-corrected chi connectivity index (χ3v) is 2.54. The Morgan fingerprint density at radius 1 is 1.35 bits per heavy atom. The molecule has 20 heavy (non-hydrogen) atoms. The Morgan fingerprint density at radius 2 is 2.05 bits per heavy atom. The lowest BCUT2D eigenvalue weighted by molar-refractivity contribution is -0.173. The third kappa shape index (κ3) is 3.17. The molecule has 1 heterocycles. The van der Waals surface area contributed by atoms with Crippen molar-refractivity contribution in [3.8, 4) is 11.3 Å². The van der Waals surface area contributed by atoms with Crippen LogP contribution in [0.5, 0.6) is 0 Å². The molecule has 0 aliphatic rings. The molecule has 2 aromatic rings. The number of carbonyl (C=O) groups excluding carboxylic acids is 1. The second kappa shape index (κ2) is 5.77. The lowest BCUT2D eigenvalue weighted by Gasteiger charge is -2.13. The predicted octanol–water partition coefficient (Wildman–Crippen LogP) is 2.14. The Kier molecular flexibility index (Phi) is 4.07. The lowest BCUT2D eigenvalue weighted by Crippen LogP contribution is -2.35. The van der Waals surface area contributed by atoms with Crippen LogP contribution in [-0.4, -0.2) is 33.5 Å². The molecule has 1 aromatic carbocycles. The van der Waals surface area contributed by atoms with Crippen LogP contribution >= 0.6 is 0 Å². The Hall–Kier alpha value is -2.31. The fourth-order valence-corrected chi connectivity index (χ4v) is 1.62. The summed E-state index contributed by atoms with van der Waals surface area (Å²) in [5.41, 5.74) is 1.23. The highest BCUT2D eigenvalue weighted by atomic mass is 19.3.